The van der Waals surface area contributed by atoms with Gasteiger partial charge in [-0.3, -0.25) is 20.2 Å². The van der Waals surface area contributed by atoms with Gasteiger partial charge in [-0.1, -0.05) is 12.1 Å². The molecule has 0 fully saturated rings. The number of hydrogen-bond donors (Lipinski definition) is 0. The first-order chi connectivity index (χ1) is 13.2. The van der Waals surface area contributed by atoms with Crippen LogP contribution in [0.15, 0.2) is 53.2 Å². The molecule has 0 N–H and O–H groups in total. The van der Waals surface area contributed by atoms with Crippen molar-refractivity contribution in [3.05, 3.63) is 79.5 Å². The third kappa shape index (κ3) is 3.85. The van der Waals surface area contributed by atoms with Crippen molar-refractivity contribution in [2.75, 3.05) is 19.0 Å². The molecule has 0 aliphatic carbocycles. The van der Waals surface area contributed by atoms with Gasteiger partial charge in [0.1, 0.15) is 0 Å². The minimum atomic E-state index is -0.767. The van der Waals surface area contributed by atoms with Crippen LogP contribution in [0.4, 0.5) is 17.1 Å². The third-order valence-electron chi connectivity index (χ3n) is 3.90. The van der Waals surface area contributed by atoms with Gasteiger partial charge in [-0.05, 0) is 23.8 Å². The number of anilines is 1. The molecule has 0 saturated carbocycles. The van der Waals surface area contributed by atoms with Crippen LogP contribution in [0.2, 0.25) is 0 Å². The number of nitro benzene ring substituents is 2. The van der Waals surface area contributed by atoms with Gasteiger partial charge in [-0.15, -0.1) is 0 Å². The number of esters is 1. The molecule has 0 amide bonds. The fraction of sp³-hybridized carbons (Fsp3) is 0.111. The lowest BCUT2D eigenvalue weighted by Gasteiger charge is -2.11. The Morgan fingerprint density at radius 3 is 2.07 bits per heavy atom. The molecule has 1 aliphatic heterocycles. The summed E-state index contributed by atoms with van der Waals surface area (Å²) in [6.07, 6.45) is 1.50. The van der Waals surface area contributed by atoms with E-state index in [0.29, 0.717) is 5.56 Å². The summed E-state index contributed by atoms with van der Waals surface area (Å²) >= 11 is 0. The van der Waals surface area contributed by atoms with Crippen LogP contribution in [0.1, 0.15) is 11.1 Å². The molecule has 0 bridgehead atoms. The van der Waals surface area contributed by atoms with Crippen LogP contribution in [-0.2, 0) is 9.53 Å². The fourth-order valence-corrected chi connectivity index (χ4v) is 2.49. The predicted octanol–water partition coefficient (Wildman–Crippen LogP) is 2.91. The van der Waals surface area contributed by atoms with Gasteiger partial charge >= 0.3 is 5.97 Å². The Morgan fingerprint density at radius 2 is 1.57 bits per heavy atom. The minimum absolute atomic E-state index is 0.0123. The summed E-state index contributed by atoms with van der Waals surface area (Å²) in [6, 6.07) is 10.3. The van der Waals surface area contributed by atoms with Crippen LogP contribution >= 0.6 is 0 Å². The van der Waals surface area contributed by atoms with Crippen molar-refractivity contribution in [1.29, 1.82) is 0 Å². The molecular formula is C18H14N4O6. The van der Waals surface area contributed by atoms with Crippen LogP contribution in [0.5, 0.6) is 0 Å². The second-order valence-corrected chi connectivity index (χ2v) is 6.07. The van der Waals surface area contributed by atoms with Gasteiger partial charge in [-0.25, -0.2) is 9.79 Å². The zero-order chi connectivity index (χ0) is 20.4. The first kappa shape index (κ1) is 18.7. The molecule has 2 aromatic carbocycles. The molecule has 10 heteroatoms. The Balaban J connectivity index is 1.97. The molecule has 3 rings (SSSR count). The first-order valence-electron chi connectivity index (χ1n) is 7.99. The van der Waals surface area contributed by atoms with Crippen molar-refractivity contribution in [2.45, 2.75) is 0 Å². The predicted molar refractivity (Wildman–Crippen MR) is 101 cm³/mol. The number of nitro groups is 2. The molecule has 1 aliphatic rings. The van der Waals surface area contributed by atoms with Crippen molar-refractivity contribution in [2.24, 2.45) is 4.99 Å². The zero-order valence-electron chi connectivity index (χ0n) is 14.9. The number of hydrogen-bond acceptors (Lipinski definition) is 8. The number of ether oxygens (including phenoxy) is 1. The van der Waals surface area contributed by atoms with Gasteiger partial charge in [0.25, 0.3) is 11.4 Å². The average Bonchev–Trinajstić information content (AvgIpc) is 3.02. The van der Waals surface area contributed by atoms with Crippen LogP contribution < -0.4 is 4.90 Å². The highest BCUT2D eigenvalue weighted by Gasteiger charge is 2.27. The van der Waals surface area contributed by atoms with E-state index < -0.39 is 27.2 Å². The zero-order valence-corrected chi connectivity index (χ0v) is 14.9. The van der Waals surface area contributed by atoms with Crippen LogP contribution in [0.3, 0.4) is 0 Å². The summed E-state index contributed by atoms with van der Waals surface area (Å²) in [4.78, 5) is 38.5. The first-order valence-corrected chi connectivity index (χ1v) is 7.99. The molecule has 0 aromatic heterocycles. The van der Waals surface area contributed by atoms with E-state index in [2.05, 4.69) is 4.99 Å². The smallest absolute Gasteiger partial charge is 0.363 e. The van der Waals surface area contributed by atoms with E-state index in [1.807, 2.05) is 31.1 Å². The molecule has 10 nitrogen and oxygen atoms in total. The fourth-order valence-electron chi connectivity index (χ4n) is 2.49. The van der Waals surface area contributed by atoms with Crippen LogP contribution in [-0.4, -0.2) is 35.8 Å². The van der Waals surface area contributed by atoms with Gasteiger partial charge in [0.05, 0.1) is 21.5 Å². The van der Waals surface area contributed by atoms with Crippen molar-refractivity contribution < 1.29 is 19.4 Å². The van der Waals surface area contributed by atoms with Crippen molar-refractivity contribution >= 4 is 35.0 Å². The largest absolute Gasteiger partial charge is 0.402 e. The van der Waals surface area contributed by atoms with Gasteiger partial charge in [0.15, 0.2) is 5.70 Å². The minimum Gasteiger partial charge on any atom is -0.402 e. The number of benzene rings is 2. The third-order valence-corrected chi connectivity index (χ3v) is 3.90. The normalized spacial score (nSPS) is 14.6. The number of aliphatic imine (C=N–C) groups is 1. The van der Waals surface area contributed by atoms with Crippen LogP contribution in [0.25, 0.3) is 6.08 Å². The maximum absolute atomic E-state index is 12.1. The van der Waals surface area contributed by atoms with E-state index in [4.69, 9.17) is 4.74 Å². The summed E-state index contributed by atoms with van der Waals surface area (Å²) in [5.74, 6) is -0.978. The Kier molecular flexibility index (Phi) is 4.86. The molecule has 1 heterocycles. The molecular weight excluding hydrogens is 368 g/mol. The van der Waals surface area contributed by atoms with E-state index in [1.165, 1.54) is 6.08 Å². The lowest BCUT2D eigenvalue weighted by Crippen LogP contribution is -2.08. The Labute approximate surface area is 158 Å². The van der Waals surface area contributed by atoms with Gasteiger partial charge in [0, 0.05) is 31.9 Å². The maximum atomic E-state index is 12.1. The highest BCUT2D eigenvalue weighted by molar-refractivity contribution is 6.13. The second kappa shape index (κ2) is 7.27. The topological polar surface area (TPSA) is 128 Å². The number of carbonyl (C=O) groups is 1. The number of cyclic esters (lactones) is 1. The van der Waals surface area contributed by atoms with Crippen LogP contribution in [0, 0.1) is 20.2 Å². The van der Waals surface area contributed by atoms with E-state index in [0.717, 1.165) is 23.9 Å². The monoisotopic (exact) mass is 382 g/mol. The van der Waals surface area contributed by atoms with E-state index in [9.17, 15) is 25.0 Å². The second-order valence-electron chi connectivity index (χ2n) is 6.07. The molecule has 0 spiro atoms. The van der Waals surface area contributed by atoms with Gasteiger partial charge < -0.3 is 9.64 Å². The van der Waals surface area contributed by atoms with Crippen molar-refractivity contribution in [1.82, 2.24) is 0 Å². The lowest BCUT2D eigenvalue weighted by molar-refractivity contribution is -0.394. The van der Waals surface area contributed by atoms with E-state index in [1.54, 1.807) is 12.1 Å². The number of non-ortho nitro benzene ring substituents is 2. The summed E-state index contributed by atoms with van der Waals surface area (Å²) in [7, 11) is 3.80. The molecule has 142 valence electrons. The molecule has 0 unspecified atom stereocenters. The van der Waals surface area contributed by atoms with E-state index >= 15 is 0 Å². The number of carbonyl (C=O) groups excluding carboxylic acids is 1. The molecule has 2 aromatic rings. The maximum Gasteiger partial charge on any atom is 0.363 e. The summed E-state index contributed by atoms with van der Waals surface area (Å²) in [6.45, 7) is 0. The summed E-state index contributed by atoms with van der Waals surface area (Å²) < 4.78 is 5.05. The SMILES string of the molecule is CN(C)c1ccc(/C=C2\N=C(c3cc([N+](=O)[O-])cc([N+](=O)[O-])c3)OC2=O)cc1. The number of rotatable bonds is 5. The van der Waals surface area contributed by atoms with Gasteiger partial charge in [-0.2, -0.15) is 0 Å². The average molecular weight is 382 g/mol. The Morgan fingerprint density at radius 1 is 1.00 bits per heavy atom. The number of nitrogens with zero attached hydrogens (tertiary/aromatic N) is 4. The Hall–Kier alpha value is -4.08. The lowest BCUT2D eigenvalue weighted by atomic mass is 10.1. The van der Waals surface area contributed by atoms with Crippen molar-refractivity contribution in [3.63, 3.8) is 0 Å². The quantitative estimate of drug-likeness (QED) is 0.336. The standard InChI is InChI=1S/C18H14N4O6/c1-20(2)13-5-3-11(4-6-13)7-16-18(23)28-17(19-16)12-8-14(21(24)25)10-15(9-12)22(26)27/h3-10H,1-2H3/b16-7-. The molecule has 0 atom stereocenters. The summed E-state index contributed by atoms with van der Waals surface area (Å²) in [5.41, 5.74) is 0.637. The highest BCUT2D eigenvalue weighted by Crippen LogP contribution is 2.26. The van der Waals surface area contributed by atoms with Crippen molar-refractivity contribution in [3.8, 4) is 0 Å². The molecule has 28 heavy (non-hydrogen) atoms. The molecule has 0 saturated heterocycles. The molecule has 0 radical (unpaired) electrons. The van der Waals surface area contributed by atoms with Gasteiger partial charge in [0.2, 0.25) is 5.90 Å². The Bertz CT molecular complexity index is 1010. The summed E-state index contributed by atoms with van der Waals surface area (Å²) in [5, 5.41) is 22.0. The van der Waals surface area contributed by atoms with E-state index in [-0.39, 0.29) is 17.2 Å². The highest BCUT2D eigenvalue weighted by atomic mass is 16.6.